The van der Waals surface area contributed by atoms with Gasteiger partial charge in [-0.15, -0.1) is 0 Å². The standard InChI is InChI=1S/C11H22O3/c1-8(2)9-6-5-7-10(14-9)11(12-3)13-4/h8-11H,5-7H2,1-4H3/t9-,10+/m0/s1. The maximum absolute atomic E-state index is 5.94. The van der Waals surface area contributed by atoms with E-state index in [0.717, 1.165) is 12.8 Å². The van der Waals surface area contributed by atoms with E-state index in [2.05, 4.69) is 13.8 Å². The molecule has 0 amide bonds. The SMILES string of the molecule is COC(OC)[C@H]1CCC[C@@H](C(C)C)O1. The molecule has 0 aromatic rings. The summed E-state index contributed by atoms with van der Waals surface area (Å²) in [7, 11) is 3.33. The summed E-state index contributed by atoms with van der Waals surface area (Å²) in [6, 6.07) is 0. The molecule has 1 saturated heterocycles. The summed E-state index contributed by atoms with van der Waals surface area (Å²) in [5.74, 6) is 0.576. The number of methoxy groups -OCH3 is 2. The highest BCUT2D eigenvalue weighted by Gasteiger charge is 2.30. The largest absolute Gasteiger partial charge is 0.369 e. The van der Waals surface area contributed by atoms with Gasteiger partial charge in [0.2, 0.25) is 0 Å². The molecule has 1 heterocycles. The van der Waals surface area contributed by atoms with Crippen LogP contribution in [0.4, 0.5) is 0 Å². The molecule has 0 unspecified atom stereocenters. The molecule has 0 N–H and O–H groups in total. The van der Waals surface area contributed by atoms with Crippen molar-refractivity contribution in [2.24, 2.45) is 5.92 Å². The van der Waals surface area contributed by atoms with E-state index in [1.807, 2.05) is 0 Å². The van der Waals surface area contributed by atoms with Gasteiger partial charge in [-0.1, -0.05) is 13.8 Å². The van der Waals surface area contributed by atoms with E-state index in [-0.39, 0.29) is 12.4 Å². The van der Waals surface area contributed by atoms with Crippen LogP contribution in [0, 0.1) is 5.92 Å². The van der Waals surface area contributed by atoms with Crippen LogP contribution in [-0.2, 0) is 14.2 Å². The van der Waals surface area contributed by atoms with Crippen LogP contribution in [0.1, 0.15) is 33.1 Å². The Morgan fingerprint density at radius 3 is 2.14 bits per heavy atom. The Hall–Kier alpha value is -0.120. The molecule has 0 aromatic heterocycles. The Morgan fingerprint density at radius 1 is 1.07 bits per heavy atom. The quantitative estimate of drug-likeness (QED) is 0.654. The van der Waals surface area contributed by atoms with Gasteiger partial charge in [0, 0.05) is 14.2 Å². The Bertz CT molecular complexity index is 155. The summed E-state index contributed by atoms with van der Waals surface area (Å²) in [6.07, 6.45) is 3.66. The van der Waals surface area contributed by atoms with Crippen molar-refractivity contribution in [3.8, 4) is 0 Å². The monoisotopic (exact) mass is 202 g/mol. The molecule has 0 spiro atoms. The predicted molar refractivity (Wildman–Crippen MR) is 55.2 cm³/mol. The fourth-order valence-electron chi connectivity index (χ4n) is 1.97. The second-order valence-electron chi connectivity index (χ2n) is 4.23. The Balaban J connectivity index is 2.46. The fraction of sp³-hybridized carbons (Fsp3) is 1.00. The van der Waals surface area contributed by atoms with Crippen LogP contribution >= 0.6 is 0 Å². The third-order valence-corrected chi connectivity index (χ3v) is 2.84. The van der Waals surface area contributed by atoms with Gasteiger partial charge in [0.25, 0.3) is 0 Å². The van der Waals surface area contributed by atoms with Gasteiger partial charge in [-0.25, -0.2) is 0 Å². The van der Waals surface area contributed by atoms with Crippen molar-refractivity contribution < 1.29 is 14.2 Å². The minimum Gasteiger partial charge on any atom is -0.369 e. The molecule has 1 rings (SSSR count). The van der Waals surface area contributed by atoms with Crippen molar-refractivity contribution in [3.05, 3.63) is 0 Å². The van der Waals surface area contributed by atoms with Gasteiger partial charge in [-0.3, -0.25) is 0 Å². The molecule has 84 valence electrons. The van der Waals surface area contributed by atoms with Crippen molar-refractivity contribution in [2.45, 2.75) is 51.6 Å². The molecule has 2 atom stereocenters. The third kappa shape index (κ3) is 2.94. The smallest absolute Gasteiger partial charge is 0.183 e. The Kier molecular flexibility index (Phi) is 4.85. The van der Waals surface area contributed by atoms with E-state index in [1.165, 1.54) is 6.42 Å². The molecule has 3 nitrogen and oxygen atoms in total. The number of ether oxygens (including phenoxy) is 3. The lowest BCUT2D eigenvalue weighted by atomic mass is 9.96. The highest BCUT2D eigenvalue weighted by molar-refractivity contribution is 4.75. The second kappa shape index (κ2) is 5.69. The lowest BCUT2D eigenvalue weighted by molar-refractivity contribution is -0.212. The fourth-order valence-corrected chi connectivity index (χ4v) is 1.97. The van der Waals surface area contributed by atoms with Crippen LogP contribution in [-0.4, -0.2) is 32.7 Å². The zero-order valence-electron chi connectivity index (χ0n) is 9.66. The van der Waals surface area contributed by atoms with Crippen LogP contribution in [0.25, 0.3) is 0 Å². The molecule has 3 heteroatoms. The molecule has 0 aliphatic carbocycles. The average molecular weight is 202 g/mol. The minimum absolute atomic E-state index is 0.103. The molecule has 0 aromatic carbocycles. The average Bonchev–Trinajstić information content (AvgIpc) is 2.20. The van der Waals surface area contributed by atoms with Crippen LogP contribution in [0.5, 0.6) is 0 Å². The van der Waals surface area contributed by atoms with Gasteiger partial charge in [-0.2, -0.15) is 0 Å². The first-order valence-corrected chi connectivity index (χ1v) is 5.40. The lowest BCUT2D eigenvalue weighted by Crippen LogP contribution is -2.40. The van der Waals surface area contributed by atoms with Crippen molar-refractivity contribution >= 4 is 0 Å². The molecule has 1 aliphatic heterocycles. The van der Waals surface area contributed by atoms with E-state index in [4.69, 9.17) is 14.2 Å². The normalized spacial score (nSPS) is 28.7. The zero-order valence-corrected chi connectivity index (χ0v) is 9.66. The maximum atomic E-state index is 5.94. The topological polar surface area (TPSA) is 27.7 Å². The van der Waals surface area contributed by atoms with Gasteiger partial charge < -0.3 is 14.2 Å². The summed E-state index contributed by atoms with van der Waals surface area (Å²) < 4.78 is 16.4. The van der Waals surface area contributed by atoms with Gasteiger partial charge >= 0.3 is 0 Å². The Labute approximate surface area is 86.7 Å². The third-order valence-electron chi connectivity index (χ3n) is 2.84. The summed E-state index contributed by atoms with van der Waals surface area (Å²) >= 11 is 0. The summed E-state index contributed by atoms with van der Waals surface area (Å²) in [5, 5.41) is 0. The first kappa shape index (κ1) is 12.0. The predicted octanol–water partition coefficient (Wildman–Crippen LogP) is 2.20. The van der Waals surface area contributed by atoms with E-state index in [0.29, 0.717) is 12.0 Å². The Morgan fingerprint density at radius 2 is 1.64 bits per heavy atom. The minimum atomic E-state index is -0.212. The summed E-state index contributed by atoms with van der Waals surface area (Å²) in [5.41, 5.74) is 0. The van der Waals surface area contributed by atoms with Crippen molar-refractivity contribution in [2.75, 3.05) is 14.2 Å². The van der Waals surface area contributed by atoms with E-state index >= 15 is 0 Å². The molecule has 0 bridgehead atoms. The molecular weight excluding hydrogens is 180 g/mol. The molecular formula is C11H22O3. The van der Waals surface area contributed by atoms with Crippen molar-refractivity contribution in [1.82, 2.24) is 0 Å². The number of hydrogen-bond acceptors (Lipinski definition) is 3. The summed E-state index contributed by atoms with van der Waals surface area (Å²) in [4.78, 5) is 0. The first-order chi connectivity index (χ1) is 6.69. The van der Waals surface area contributed by atoms with Crippen LogP contribution in [0.15, 0.2) is 0 Å². The van der Waals surface area contributed by atoms with E-state index in [9.17, 15) is 0 Å². The van der Waals surface area contributed by atoms with Gasteiger partial charge in [0.1, 0.15) is 6.10 Å². The van der Waals surface area contributed by atoms with Gasteiger partial charge in [-0.05, 0) is 25.2 Å². The first-order valence-electron chi connectivity index (χ1n) is 5.40. The highest BCUT2D eigenvalue weighted by Crippen LogP contribution is 2.26. The zero-order chi connectivity index (χ0) is 10.6. The van der Waals surface area contributed by atoms with Crippen LogP contribution < -0.4 is 0 Å². The van der Waals surface area contributed by atoms with E-state index < -0.39 is 0 Å². The van der Waals surface area contributed by atoms with Crippen LogP contribution in [0.2, 0.25) is 0 Å². The molecule has 14 heavy (non-hydrogen) atoms. The van der Waals surface area contributed by atoms with Gasteiger partial charge in [0.05, 0.1) is 6.10 Å². The van der Waals surface area contributed by atoms with Crippen LogP contribution in [0.3, 0.4) is 0 Å². The molecule has 0 saturated carbocycles. The van der Waals surface area contributed by atoms with Gasteiger partial charge in [0.15, 0.2) is 6.29 Å². The van der Waals surface area contributed by atoms with E-state index in [1.54, 1.807) is 14.2 Å². The van der Waals surface area contributed by atoms with Crippen molar-refractivity contribution in [3.63, 3.8) is 0 Å². The van der Waals surface area contributed by atoms with Crippen molar-refractivity contribution in [1.29, 1.82) is 0 Å². The highest BCUT2D eigenvalue weighted by atomic mass is 16.7. The second-order valence-corrected chi connectivity index (χ2v) is 4.23. The molecule has 1 fully saturated rings. The molecule has 0 radical (unpaired) electrons. The number of rotatable bonds is 4. The molecule has 1 aliphatic rings. The lowest BCUT2D eigenvalue weighted by Gasteiger charge is -2.35. The summed E-state index contributed by atoms with van der Waals surface area (Å²) in [6.45, 7) is 4.39. The maximum Gasteiger partial charge on any atom is 0.183 e. The number of hydrogen-bond donors (Lipinski definition) is 0.